The van der Waals surface area contributed by atoms with Crippen molar-refractivity contribution in [3.63, 3.8) is 0 Å². The molecular formula is C5H3BrFMgN. The summed E-state index contributed by atoms with van der Waals surface area (Å²) in [5.74, 6) is -0.321. The standard InChI is InChI=1S/C5H3FN.BrH.Mg/c6-5-2-1-3-7-4-5;;/h1-2,4H;1H;/q-1;;+2/p-1. The molecule has 44 valence electrons. The van der Waals surface area contributed by atoms with Crippen molar-refractivity contribution in [2.24, 2.45) is 0 Å². The van der Waals surface area contributed by atoms with Crippen LogP contribution in [0.1, 0.15) is 0 Å². The van der Waals surface area contributed by atoms with Crippen LogP contribution in [0.25, 0.3) is 0 Å². The molecule has 1 aromatic heterocycles. The number of halogens is 2. The fraction of sp³-hybridized carbons (Fsp3) is 0. The van der Waals surface area contributed by atoms with E-state index in [1.54, 1.807) is 0 Å². The van der Waals surface area contributed by atoms with E-state index in [1.165, 1.54) is 12.1 Å². The van der Waals surface area contributed by atoms with E-state index in [9.17, 15) is 4.39 Å². The predicted molar refractivity (Wildman–Crippen MR) is 28.8 cm³/mol. The van der Waals surface area contributed by atoms with Crippen LogP contribution < -0.4 is 17.0 Å². The van der Waals surface area contributed by atoms with E-state index in [1.807, 2.05) is 0 Å². The van der Waals surface area contributed by atoms with E-state index in [4.69, 9.17) is 0 Å². The molecule has 0 saturated carbocycles. The average molecular weight is 200 g/mol. The Morgan fingerprint density at radius 1 is 1.56 bits per heavy atom. The molecule has 1 heterocycles. The quantitative estimate of drug-likeness (QED) is 0.337. The van der Waals surface area contributed by atoms with Crippen molar-refractivity contribution in [3.8, 4) is 0 Å². The number of hydrogen-bond donors (Lipinski definition) is 0. The molecule has 0 unspecified atom stereocenters. The number of pyridine rings is 1. The van der Waals surface area contributed by atoms with E-state index in [2.05, 4.69) is 11.2 Å². The van der Waals surface area contributed by atoms with Gasteiger partial charge in [0, 0.05) is 5.82 Å². The average Bonchev–Trinajstić information content (AvgIpc) is 1.69. The van der Waals surface area contributed by atoms with Crippen LogP contribution in [-0.2, 0) is 0 Å². The molecule has 0 aliphatic rings. The van der Waals surface area contributed by atoms with Gasteiger partial charge in [0.2, 0.25) is 0 Å². The normalized spacial score (nSPS) is 6.78. The van der Waals surface area contributed by atoms with Crippen LogP contribution in [0.4, 0.5) is 4.39 Å². The first-order valence-electron chi connectivity index (χ1n) is 1.87. The Balaban J connectivity index is 0. The van der Waals surface area contributed by atoms with E-state index in [-0.39, 0.29) is 45.9 Å². The minimum atomic E-state index is -0.321. The maximum atomic E-state index is 11.8. The largest absolute Gasteiger partial charge is 2.00 e. The van der Waals surface area contributed by atoms with Crippen molar-refractivity contribution in [2.45, 2.75) is 0 Å². The van der Waals surface area contributed by atoms with Gasteiger partial charge in [0.1, 0.15) is 0 Å². The van der Waals surface area contributed by atoms with Gasteiger partial charge in [-0.25, -0.2) is 4.39 Å². The topological polar surface area (TPSA) is 12.9 Å². The summed E-state index contributed by atoms with van der Waals surface area (Å²) in [6.07, 6.45) is 3.55. The maximum Gasteiger partial charge on any atom is 2.00 e. The third kappa shape index (κ3) is 4.81. The van der Waals surface area contributed by atoms with Gasteiger partial charge >= 0.3 is 23.1 Å². The van der Waals surface area contributed by atoms with Gasteiger partial charge in [0.25, 0.3) is 0 Å². The first kappa shape index (κ1) is 12.0. The summed E-state index contributed by atoms with van der Waals surface area (Å²) in [7, 11) is 0. The maximum absolute atomic E-state index is 11.8. The summed E-state index contributed by atoms with van der Waals surface area (Å²) >= 11 is 0. The molecule has 0 aliphatic heterocycles. The zero-order valence-corrected chi connectivity index (χ0v) is 7.64. The molecule has 1 nitrogen and oxygen atoms in total. The van der Waals surface area contributed by atoms with Crippen LogP contribution in [-0.4, -0.2) is 28.0 Å². The summed E-state index contributed by atoms with van der Waals surface area (Å²) < 4.78 is 11.8. The summed E-state index contributed by atoms with van der Waals surface area (Å²) in [4.78, 5) is 3.38. The van der Waals surface area contributed by atoms with E-state index >= 15 is 0 Å². The molecule has 9 heavy (non-hydrogen) atoms. The smallest absolute Gasteiger partial charge is 1.00 e. The SMILES string of the molecule is Fc1cc[c-]nc1.[Br-].[Mg+2]. The molecule has 0 spiro atoms. The Bertz CT molecular complexity index is 147. The fourth-order valence-corrected chi connectivity index (χ4v) is 0.302. The Morgan fingerprint density at radius 2 is 2.22 bits per heavy atom. The van der Waals surface area contributed by atoms with Gasteiger partial charge in [-0.3, -0.25) is 0 Å². The van der Waals surface area contributed by atoms with Gasteiger partial charge in [0.05, 0.1) is 0 Å². The molecule has 0 aromatic carbocycles. The van der Waals surface area contributed by atoms with Crippen molar-refractivity contribution in [3.05, 3.63) is 30.3 Å². The van der Waals surface area contributed by atoms with Crippen LogP contribution in [0.15, 0.2) is 18.3 Å². The second-order valence-corrected chi connectivity index (χ2v) is 1.11. The summed E-state index contributed by atoms with van der Waals surface area (Å²) in [5.41, 5.74) is 0. The third-order valence-corrected chi connectivity index (χ3v) is 0.580. The second-order valence-electron chi connectivity index (χ2n) is 1.11. The summed E-state index contributed by atoms with van der Waals surface area (Å²) in [5, 5.41) is 0. The Hall–Kier alpha value is 0.326. The number of rotatable bonds is 0. The molecule has 0 aliphatic carbocycles. The van der Waals surface area contributed by atoms with Gasteiger partial charge in [-0.2, -0.15) is 6.07 Å². The summed E-state index contributed by atoms with van der Waals surface area (Å²) in [6.45, 7) is 0. The van der Waals surface area contributed by atoms with Gasteiger partial charge in [-0.05, 0) is 0 Å². The van der Waals surface area contributed by atoms with Crippen LogP contribution in [0, 0.1) is 12.0 Å². The van der Waals surface area contributed by atoms with E-state index < -0.39 is 0 Å². The molecule has 1 aromatic rings. The zero-order valence-electron chi connectivity index (χ0n) is 4.64. The summed E-state index contributed by atoms with van der Waals surface area (Å²) in [6, 6.07) is 2.72. The Labute approximate surface area is 79.6 Å². The second kappa shape index (κ2) is 6.45. The van der Waals surface area contributed by atoms with Crippen molar-refractivity contribution in [1.82, 2.24) is 4.98 Å². The number of hydrogen-bond acceptors (Lipinski definition) is 1. The minimum absolute atomic E-state index is 0. The molecule has 0 bridgehead atoms. The first-order chi connectivity index (χ1) is 3.39. The van der Waals surface area contributed by atoms with Gasteiger partial charge in [0.15, 0.2) is 0 Å². The zero-order chi connectivity index (χ0) is 5.11. The van der Waals surface area contributed by atoms with E-state index in [0.717, 1.165) is 6.20 Å². The van der Waals surface area contributed by atoms with Gasteiger partial charge < -0.3 is 22.0 Å². The van der Waals surface area contributed by atoms with Crippen molar-refractivity contribution >= 4 is 23.1 Å². The Kier molecular flexibility index (Phi) is 8.63. The molecule has 4 heteroatoms. The van der Waals surface area contributed by atoms with Gasteiger partial charge in [-0.1, -0.05) is 12.4 Å². The van der Waals surface area contributed by atoms with Crippen molar-refractivity contribution in [2.75, 3.05) is 0 Å². The van der Waals surface area contributed by atoms with Crippen LogP contribution in [0.2, 0.25) is 0 Å². The molecule has 0 radical (unpaired) electrons. The fourth-order valence-electron chi connectivity index (χ4n) is 0.302. The predicted octanol–water partition coefficient (Wildman–Crippen LogP) is -2.36. The monoisotopic (exact) mass is 199 g/mol. The number of nitrogens with zero attached hydrogens (tertiary/aromatic N) is 1. The van der Waals surface area contributed by atoms with E-state index in [0.29, 0.717) is 0 Å². The molecule has 1 rings (SSSR count). The van der Waals surface area contributed by atoms with Crippen LogP contribution >= 0.6 is 0 Å². The molecule has 0 atom stereocenters. The molecule has 0 saturated heterocycles. The third-order valence-electron chi connectivity index (χ3n) is 0.580. The number of aromatic nitrogens is 1. The Morgan fingerprint density at radius 3 is 2.44 bits per heavy atom. The van der Waals surface area contributed by atoms with Gasteiger partial charge in [-0.15, -0.1) is 6.07 Å². The minimum Gasteiger partial charge on any atom is -1.00 e. The molecule has 0 N–H and O–H groups in total. The molecule has 0 fully saturated rings. The van der Waals surface area contributed by atoms with Crippen molar-refractivity contribution in [1.29, 1.82) is 0 Å². The first-order valence-corrected chi connectivity index (χ1v) is 1.87. The van der Waals surface area contributed by atoms with Crippen molar-refractivity contribution < 1.29 is 21.4 Å². The van der Waals surface area contributed by atoms with Crippen LogP contribution in [0.5, 0.6) is 0 Å². The molecule has 0 amide bonds. The molecular weight excluding hydrogens is 197 g/mol. The van der Waals surface area contributed by atoms with Crippen LogP contribution in [0.3, 0.4) is 0 Å².